The predicted octanol–water partition coefficient (Wildman–Crippen LogP) is 2.25. The first kappa shape index (κ1) is 20.3. The first-order chi connectivity index (χ1) is 11.6. The molecule has 138 valence electrons. The molecule has 1 aromatic heterocycles. The number of ether oxygens (including phenoxy) is 3. The molecule has 0 spiro atoms. The second-order valence-corrected chi connectivity index (χ2v) is 5.14. The van der Waals surface area contributed by atoms with E-state index in [1.165, 1.54) is 0 Å². The Balaban J connectivity index is 3.03. The van der Waals surface area contributed by atoms with Crippen molar-refractivity contribution in [2.75, 3.05) is 37.3 Å². The minimum atomic E-state index is -0.179. The molecule has 1 rings (SSSR count). The Morgan fingerprint density at radius 3 is 1.04 bits per heavy atom. The molecular formula is C15H30N6O3. The molecule has 0 aliphatic carbocycles. The van der Waals surface area contributed by atoms with Crippen molar-refractivity contribution in [1.82, 2.24) is 15.0 Å². The van der Waals surface area contributed by atoms with Gasteiger partial charge in [-0.25, -0.2) is 0 Å². The molecule has 0 bridgehead atoms. The molecule has 24 heavy (non-hydrogen) atoms. The number of methoxy groups -OCH3 is 3. The number of hydrogen-bond donors (Lipinski definition) is 3. The van der Waals surface area contributed by atoms with Crippen LogP contribution in [-0.2, 0) is 14.2 Å². The van der Waals surface area contributed by atoms with Gasteiger partial charge in [0.15, 0.2) is 0 Å². The van der Waals surface area contributed by atoms with Gasteiger partial charge in [0.05, 0.1) is 0 Å². The van der Waals surface area contributed by atoms with E-state index in [1.807, 2.05) is 20.8 Å². The van der Waals surface area contributed by atoms with Gasteiger partial charge in [-0.15, -0.1) is 0 Å². The molecule has 9 nitrogen and oxygen atoms in total. The SMILES string of the molecule is CCC(Nc1nc(NC(CC)OC)nc(NC(CC)OC)n1)OC. The molecule has 3 atom stereocenters. The molecule has 0 aliphatic rings. The molecule has 0 aromatic carbocycles. The Hall–Kier alpha value is -1.71. The average Bonchev–Trinajstić information content (AvgIpc) is 2.61. The van der Waals surface area contributed by atoms with E-state index in [-0.39, 0.29) is 18.7 Å². The van der Waals surface area contributed by atoms with Crippen LogP contribution in [0.5, 0.6) is 0 Å². The van der Waals surface area contributed by atoms with Gasteiger partial charge in [-0.1, -0.05) is 20.8 Å². The molecule has 0 aliphatic heterocycles. The molecule has 0 amide bonds. The second kappa shape index (κ2) is 11.0. The van der Waals surface area contributed by atoms with Gasteiger partial charge in [0.2, 0.25) is 17.8 Å². The quantitative estimate of drug-likeness (QED) is 0.493. The Morgan fingerprint density at radius 2 is 0.875 bits per heavy atom. The van der Waals surface area contributed by atoms with Gasteiger partial charge in [-0.2, -0.15) is 15.0 Å². The maximum Gasteiger partial charge on any atom is 0.231 e. The summed E-state index contributed by atoms with van der Waals surface area (Å²) in [6.07, 6.45) is 1.79. The highest BCUT2D eigenvalue weighted by atomic mass is 16.5. The van der Waals surface area contributed by atoms with Crippen LogP contribution < -0.4 is 16.0 Å². The highest BCUT2D eigenvalue weighted by Gasteiger charge is 2.14. The van der Waals surface area contributed by atoms with Crippen LogP contribution in [0.2, 0.25) is 0 Å². The number of rotatable bonds is 12. The third-order valence-electron chi connectivity index (χ3n) is 3.47. The van der Waals surface area contributed by atoms with Crippen molar-refractivity contribution in [3.05, 3.63) is 0 Å². The third-order valence-corrected chi connectivity index (χ3v) is 3.47. The van der Waals surface area contributed by atoms with Gasteiger partial charge in [-0.3, -0.25) is 0 Å². The van der Waals surface area contributed by atoms with Crippen molar-refractivity contribution in [2.45, 2.75) is 58.7 Å². The maximum absolute atomic E-state index is 5.33. The van der Waals surface area contributed by atoms with Crippen molar-refractivity contribution in [1.29, 1.82) is 0 Å². The van der Waals surface area contributed by atoms with Crippen molar-refractivity contribution < 1.29 is 14.2 Å². The third kappa shape index (κ3) is 6.42. The molecular weight excluding hydrogens is 312 g/mol. The minimum Gasteiger partial charge on any atom is -0.362 e. The Bertz CT molecular complexity index is 386. The summed E-state index contributed by atoms with van der Waals surface area (Å²) < 4.78 is 16.0. The van der Waals surface area contributed by atoms with Crippen LogP contribution in [-0.4, -0.2) is 55.0 Å². The number of hydrogen-bond acceptors (Lipinski definition) is 9. The van der Waals surface area contributed by atoms with E-state index in [4.69, 9.17) is 14.2 Å². The summed E-state index contributed by atoms with van der Waals surface area (Å²) in [5, 5.41) is 9.39. The second-order valence-electron chi connectivity index (χ2n) is 5.14. The first-order valence-electron chi connectivity index (χ1n) is 8.24. The number of anilines is 3. The standard InChI is InChI=1S/C15H30N6O3/c1-7-10(22-4)16-13-19-14(17-11(8-2)23-5)21-15(20-13)18-12(9-3)24-6/h10-12H,7-9H2,1-6H3,(H3,16,17,18,19,20,21). The summed E-state index contributed by atoms with van der Waals surface area (Å²) in [5.41, 5.74) is 0. The summed E-state index contributed by atoms with van der Waals surface area (Å²) in [7, 11) is 4.91. The lowest BCUT2D eigenvalue weighted by Gasteiger charge is -2.20. The summed E-state index contributed by atoms with van der Waals surface area (Å²) >= 11 is 0. The molecule has 0 saturated heterocycles. The van der Waals surface area contributed by atoms with Crippen LogP contribution >= 0.6 is 0 Å². The van der Waals surface area contributed by atoms with Crippen molar-refractivity contribution in [2.24, 2.45) is 0 Å². The fraction of sp³-hybridized carbons (Fsp3) is 0.800. The van der Waals surface area contributed by atoms with Crippen molar-refractivity contribution in [3.8, 4) is 0 Å². The number of nitrogens with zero attached hydrogens (tertiary/aromatic N) is 3. The monoisotopic (exact) mass is 342 g/mol. The van der Waals surface area contributed by atoms with E-state index in [0.29, 0.717) is 17.8 Å². The van der Waals surface area contributed by atoms with E-state index in [9.17, 15) is 0 Å². The maximum atomic E-state index is 5.33. The Labute approximate surface area is 143 Å². The van der Waals surface area contributed by atoms with Crippen LogP contribution in [0.1, 0.15) is 40.0 Å². The highest BCUT2D eigenvalue weighted by Crippen LogP contribution is 2.14. The number of aromatic nitrogens is 3. The zero-order valence-corrected chi connectivity index (χ0v) is 15.4. The number of nitrogens with one attached hydrogen (secondary N) is 3. The van der Waals surface area contributed by atoms with Crippen LogP contribution in [0.25, 0.3) is 0 Å². The zero-order chi connectivity index (χ0) is 17.9. The van der Waals surface area contributed by atoms with E-state index in [0.717, 1.165) is 19.3 Å². The molecule has 3 N–H and O–H groups in total. The normalized spacial score (nSPS) is 14.8. The van der Waals surface area contributed by atoms with E-state index in [2.05, 4.69) is 30.9 Å². The van der Waals surface area contributed by atoms with Gasteiger partial charge in [-0.05, 0) is 19.3 Å². The topological polar surface area (TPSA) is 102 Å². The van der Waals surface area contributed by atoms with Crippen LogP contribution in [0.15, 0.2) is 0 Å². The van der Waals surface area contributed by atoms with Crippen molar-refractivity contribution >= 4 is 17.8 Å². The lowest BCUT2D eigenvalue weighted by atomic mass is 10.4. The summed E-state index contributed by atoms with van der Waals surface area (Å²) in [4.78, 5) is 13.1. The minimum absolute atomic E-state index is 0.179. The Kier molecular flexibility index (Phi) is 9.28. The fourth-order valence-corrected chi connectivity index (χ4v) is 1.98. The van der Waals surface area contributed by atoms with Crippen LogP contribution in [0.3, 0.4) is 0 Å². The van der Waals surface area contributed by atoms with Gasteiger partial charge in [0.1, 0.15) is 18.7 Å². The van der Waals surface area contributed by atoms with E-state index >= 15 is 0 Å². The zero-order valence-electron chi connectivity index (χ0n) is 15.4. The predicted molar refractivity (Wildman–Crippen MR) is 94.0 cm³/mol. The van der Waals surface area contributed by atoms with Crippen LogP contribution in [0.4, 0.5) is 17.8 Å². The molecule has 9 heteroatoms. The largest absolute Gasteiger partial charge is 0.362 e. The van der Waals surface area contributed by atoms with Gasteiger partial charge < -0.3 is 30.2 Å². The van der Waals surface area contributed by atoms with Gasteiger partial charge in [0, 0.05) is 21.3 Å². The van der Waals surface area contributed by atoms with E-state index in [1.54, 1.807) is 21.3 Å². The molecule has 1 aromatic rings. The molecule has 3 unspecified atom stereocenters. The summed E-state index contributed by atoms with van der Waals surface area (Å²) in [6.45, 7) is 6.03. The summed E-state index contributed by atoms with van der Waals surface area (Å²) in [5.74, 6) is 1.25. The fourth-order valence-electron chi connectivity index (χ4n) is 1.98. The van der Waals surface area contributed by atoms with Crippen LogP contribution in [0, 0.1) is 0 Å². The molecule has 0 radical (unpaired) electrons. The molecule has 0 saturated carbocycles. The lowest BCUT2D eigenvalue weighted by molar-refractivity contribution is 0.120. The molecule has 0 fully saturated rings. The summed E-state index contributed by atoms with van der Waals surface area (Å²) in [6, 6.07) is 0. The highest BCUT2D eigenvalue weighted by molar-refractivity contribution is 5.42. The van der Waals surface area contributed by atoms with Gasteiger partial charge >= 0.3 is 0 Å². The van der Waals surface area contributed by atoms with Crippen molar-refractivity contribution in [3.63, 3.8) is 0 Å². The van der Waals surface area contributed by atoms with Gasteiger partial charge in [0.25, 0.3) is 0 Å². The Morgan fingerprint density at radius 1 is 0.625 bits per heavy atom. The molecule has 1 heterocycles. The average molecular weight is 342 g/mol. The van der Waals surface area contributed by atoms with E-state index < -0.39 is 0 Å². The first-order valence-corrected chi connectivity index (χ1v) is 8.24. The lowest BCUT2D eigenvalue weighted by Crippen LogP contribution is -2.27. The smallest absolute Gasteiger partial charge is 0.231 e.